The highest BCUT2D eigenvalue weighted by molar-refractivity contribution is 5.94. The van der Waals surface area contributed by atoms with Gasteiger partial charge in [0.05, 0.1) is 13.1 Å². The van der Waals surface area contributed by atoms with Gasteiger partial charge in [-0.05, 0) is 43.7 Å². The van der Waals surface area contributed by atoms with Gasteiger partial charge in [0, 0.05) is 24.8 Å². The summed E-state index contributed by atoms with van der Waals surface area (Å²) in [6.45, 7) is 6.30. The molecule has 0 fully saturated rings. The minimum absolute atomic E-state index is 0.0620. The summed E-state index contributed by atoms with van der Waals surface area (Å²) in [6, 6.07) is 13.3. The van der Waals surface area contributed by atoms with Crippen LogP contribution in [-0.4, -0.2) is 39.6 Å². The summed E-state index contributed by atoms with van der Waals surface area (Å²) in [5, 5.41) is 17.7. The van der Waals surface area contributed by atoms with Crippen molar-refractivity contribution in [1.82, 2.24) is 30.5 Å². The van der Waals surface area contributed by atoms with Crippen LogP contribution in [0.4, 0.5) is 0 Å². The zero-order chi connectivity index (χ0) is 19.8. The van der Waals surface area contributed by atoms with Crippen LogP contribution in [0.3, 0.4) is 0 Å². The standard InChI is InChI=1S/C20H25N7O/c1-3-21-19(28)16-10-8-15(9-11-16)13-23-20(22-4-2)24-14-18-26-25-17-7-5-6-12-27(17)18/h5-12H,3-4,13-14H2,1-2H3,(H,21,28)(H2,22,23,24). The van der Waals surface area contributed by atoms with Gasteiger partial charge in [-0.3, -0.25) is 9.20 Å². The van der Waals surface area contributed by atoms with Crippen molar-refractivity contribution in [2.24, 2.45) is 4.99 Å². The topological polar surface area (TPSA) is 95.7 Å². The van der Waals surface area contributed by atoms with Crippen LogP contribution in [0.5, 0.6) is 0 Å². The van der Waals surface area contributed by atoms with Crippen LogP contribution in [0, 0.1) is 0 Å². The predicted molar refractivity (Wildman–Crippen MR) is 109 cm³/mol. The normalized spacial score (nSPS) is 11.4. The summed E-state index contributed by atoms with van der Waals surface area (Å²) in [5.74, 6) is 1.45. The van der Waals surface area contributed by atoms with E-state index >= 15 is 0 Å². The Kier molecular flexibility index (Phi) is 6.56. The van der Waals surface area contributed by atoms with Crippen molar-refractivity contribution in [2.45, 2.75) is 26.9 Å². The molecule has 8 nitrogen and oxygen atoms in total. The first-order chi connectivity index (χ1) is 13.7. The maximum atomic E-state index is 11.8. The number of benzene rings is 1. The fourth-order valence-electron chi connectivity index (χ4n) is 2.71. The third-order valence-electron chi connectivity index (χ3n) is 4.12. The Morgan fingerprint density at radius 1 is 1.00 bits per heavy atom. The van der Waals surface area contributed by atoms with Gasteiger partial charge in [-0.15, -0.1) is 10.2 Å². The lowest BCUT2D eigenvalue weighted by Gasteiger charge is -2.10. The van der Waals surface area contributed by atoms with Crippen LogP contribution in [-0.2, 0) is 13.1 Å². The first-order valence-electron chi connectivity index (χ1n) is 9.39. The van der Waals surface area contributed by atoms with Gasteiger partial charge in [0.15, 0.2) is 17.4 Å². The number of fused-ring (bicyclic) bond motifs is 1. The summed E-state index contributed by atoms with van der Waals surface area (Å²) < 4.78 is 1.94. The minimum atomic E-state index is -0.0620. The molecule has 0 spiro atoms. The number of amides is 1. The fraction of sp³-hybridized carbons (Fsp3) is 0.300. The van der Waals surface area contributed by atoms with Crippen molar-refractivity contribution in [3.05, 3.63) is 65.6 Å². The van der Waals surface area contributed by atoms with E-state index in [0.29, 0.717) is 31.2 Å². The molecule has 2 aromatic heterocycles. The summed E-state index contributed by atoms with van der Waals surface area (Å²) in [5.41, 5.74) is 2.49. The Labute approximate surface area is 164 Å². The number of aliphatic imine (C=N–C) groups is 1. The molecule has 0 aliphatic heterocycles. The van der Waals surface area contributed by atoms with Crippen molar-refractivity contribution in [3.63, 3.8) is 0 Å². The number of guanidine groups is 1. The summed E-state index contributed by atoms with van der Waals surface area (Å²) >= 11 is 0. The highest BCUT2D eigenvalue weighted by Crippen LogP contribution is 2.06. The molecule has 0 saturated carbocycles. The van der Waals surface area contributed by atoms with Gasteiger partial charge < -0.3 is 16.0 Å². The van der Waals surface area contributed by atoms with E-state index in [4.69, 9.17) is 0 Å². The average molecular weight is 379 g/mol. The lowest BCUT2D eigenvalue weighted by atomic mass is 10.1. The molecule has 0 unspecified atom stereocenters. The second-order valence-electron chi connectivity index (χ2n) is 6.15. The molecule has 3 N–H and O–H groups in total. The second kappa shape index (κ2) is 9.50. The fourth-order valence-corrected chi connectivity index (χ4v) is 2.71. The van der Waals surface area contributed by atoms with E-state index < -0.39 is 0 Å². The first kappa shape index (κ1) is 19.3. The van der Waals surface area contributed by atoms with Crippen molar-refractivity contribution in [3.8, 4) is 0 Å². The molecular weight excluding hydrogens is 354 g/mol. The van der Waals surface area contributed by atoms with E-state index in [0.717, 1.165) is 23.6 Å². The number of carbonyl (C=O) groups is 1. The SMILES string of the molecule is CCNC(=O)c1ccc(CN=C(NCC)NCc2nnc3ccccn23)cc1. The van der Waals surface area contributed by atoms with Crippen LogP contribution in [0.15, 0.2) is 53.7 Å². The Morgan fingerprint density at radius 3 is 2.54 bits per heavy atom. The molecule has 2 heterocycles. The first-order valence-corrected chi connectivity index (χ1v) is 9.39. The summed E-state index contributed by atoms with van der Waals surface area (Å²) in [4.78, 5) is 16.4. The summed E-state index contributed by atoms with van der Waals surface area (Å²) in [7, 11) is 0. The third kappa shape index (κ3) is 4.85. The third-order valence-corrected chi connectivity index (χ3v) is 4.12. The lowest BCUT2D eigenvalue weighted by Crippen LogP contribution is -2.37. The molecular formula is C20H25N7O. The van der Waals surface area contributed by atoms with Gasteiger partial charge in [0.1, 0.15) is 0 Å². The molecule has 0 radical (unpaired) electrons. The smallest absolute Gasteiger partial charge is 0.251 e. The molecule has 0 atom stereocenters. The van der Waals surface area contributed by atoms with Crippen LogP contribution in [0.1, 0.15) is 35.6 Å². The summed E-state index contributed by atoms with van der Waals surface area (Å²) in [6.07, 6.45) is 1.94. The Hall–Kier alpha value is -3.42. The average Bonchev–Trinajstić information content (AvgIpc) is 3.14. The molecule has 1 aromatic carbocycles. The Morgan fingerprint density at radius 2 is 1.79 bits per heavy atom. The molecule has 1 amide bonds. The maximum absolute atomic E-state index is 11.8. The number of pyridine rings is 1. The number of hydrogen-bond acceptors (Lipinski definition) is 4. The molecule has 146 valence electrons. The molecule has 0 aliphatic carbocycles. The number of nitrogens with zero attached hydrogens (tertiary/aromatic N) is 4. The Balaban J connectivity index is 1.63. The van der Waals surface area contributed by atoms with Crippen LogP contribution in [0.25, 0.3) is 5.65 Å². The van der Waals surface area contributed by atoms with Crippen molar-refractivity contribution in [1.29, 1.82) is 0 Å². The largest absolute Gasteiger partial charge is 0.357 e. The number of aromatic nitrogens is 3. The van der Waals surface area contributed by atoms with E-state index in [1.54, 1.807) is 0 Å². The van der Waals surface area contributed by atoms with Gasteiger partial charge in [-0.1, -0.05) is 18.2 Å². The van der Waals surface area contributed by atoms with Gasteiger partial charge in [-0.2, -0.15) is 0 Å². The maximum Gasteiger partial charge on any atom is 0.251 e. The zero-order valence-electron chi connectivity index (χ0n) is 16.1. The minimum Gasteiger partial charge on any atom is -0.357 e. The monoisotopic (exact) mass is 379 g/mol. The van der Waals surface area contributed by atoms with Crippen LogP contribution in [0.2, 0.25) is 0 Å². The molecule has 3 aromatic rings. The molecule has 0 saturated heterocycles. The molecule has 28 heavy (non-hydrogen) atoms. The highest BCUT2D eigenvalue weighted by Gasteiger charge is 2.06. The molecule has 8 heteroatoms. The van der Waals surface area contributed by atoms with E-state index in [2.05, 4.69) is 31.1 Å². The molecule has 0 aliphatic rings. The van der Waals surface area contributed by atoms with E-state index in [9.17, 15) is 4.79 Å². The number of hydrogen-bond donors (Lipinski definition) is 3. The number of rotatable bonds is 7. The lowest BCUT2D eigenvalue weighted by molar-refractivity contribution is 0.0956. The van der Waals surface area contributed by atoms with Gasteiger partial charge in [0.2, 0.25) is 0 Å². The van der Waals surface area contributed by atoms with Crippen molar-refractivity contribution in [2.75, 3.05) is 13.1 Å². The van der Waals surface area contributed by atoms with Gasteiger partial charge in [0.25, 0.3) is 5.91 Å². The highest BCUT2D eigenvalue weighted by atomic mass is 16.1. The van der Waals surface area contributed by atoms with Crippen molar-refractivity contribution < 1.29 is 4.79 Å². The van der Waals surface area contributed by atoms with E-state index in [-0.39, 0.29) is 5.91 Å². The van der Waals surface area contributed by atoms with Crippen LogP contribution < -0.4 is 16.0 Å². The molecule has 0 bridgehead atoms. The number of carbonyl (C=O) groups excluding carboxylic acids is 1. The van der Waals surface area contributed by atoms with Crippen molar-refractivity contribution >= 4 is 17.5 Å². The number of nitrogens with one attached hydrogen (secondary N) is 3. The van der Waals surface area contributed by atoms with Crippen LogP contribution >= 0.6 is 0 Å². The van der Waals surface area contributed by atoms with Gasteiger partial charge >= 0.3 is 0 Å². The molecule has 3 rings (SSSR count). The zero-order valence-corrected chi connectivity index (χ0v) is 16.1. The Bertz CT molecular complexity index is 947. The van der Waals surface area contributed by atoms with E-state index in [1.165, 1.54) is 0 Å². The predicted octanol–water partition coefficient (Wildman–Crippen LogP) is 1.73. The van der Waals surface area contributed by atoms with E-state index in [1.807, 2.05) is 66.9 Å². The second-order valence-corrected chi connectivity index (χ2v) is 6.15. The quantitative estimate of drug-likeness (QED) is 0.429. The van der Waals surface area contributed by atoms with Gasteiger partial charge in [-0.25, -0.2) is 4.99 Å².